The molecule has 1 aliphatic heterocycles. The van der Waals surface area contributed by atoms with Crippen LogP contribution in [0, 0.1) is 5.92 Å². The molecule has 1 fully saturated rings. The number of nitrogens with zero attached hydrogens (tertiary/aromatic N) is 5. The molecule has 8 nitrogen and oxygen atoms in total. The Balaban J connectivity index is 1.66. The standard InChI is InChI=1S/C9H12N6O2S/c16-18(17)4-3-7(6-18)5-10-8-1-2-9-11-13-14-15(9)12-8/h1-2,7H,3-6H2,(H,10,12). The summed E-state index contributed by atoms with van der Waals surface area (Å²) in [6.45, 7) is 0.597. The first-order valence-corrected chi connectivity index (χ1v) is 7.44. The lowest BCUT2D eigenvalue weighted by Gasteiger charge is -2.09. The van der Waals surface area contributed by atoms with Crippen LogP contribution in [0.1, 0.15) is 6.42 Å². The van der Waals surface area contributed by atoms with Gasteiger partial charge < -0.3 is 5.32 Å². The largest absolute Gasteiger partial charge is 0.368 e. The van der Waals surface area contributed by atoms with E-state index in [4.69, 9.17) is 0 Å². The van der Waals surface area contributed by atoms with Crippen molar-refractivity contribution in [3.8, 4) is 0 Å². The van der Waals surface area contributed by atoms with Crippen molar-refractivity contribution in [1.82, 2.24) is 25.3 Å². The van der Waals surface area contributed by atoms with Crippen molar-refractivity contribution in [2.24, 2.45) is 5.92 Å². The van der Waals surface area contributed by atoms with Gasteiger partial charge in [-0.1, -0.05) is 0 Å². The number of rotatable bonds is 3. The van der Waals surface area contributed by atoms with E-state index in [1.165, 1.54) is 4.63 Å². The minimum absolute atomic E-state index is 0.154. The fraction of sp³-hybridized carbons (Fsp3) is 0.556. The molecule has 0 spiro atoms. The molecule has 2 aromatic rings. The van der Waals surface area contributed by atoms with E-state index in [0.717, 1.165) is 0 Å². The zero-order valence-corrected chi connectivity index (χ0v) is 10.3. The number of sulfone groups is 1. The molecular formula is C9H12N6O2S. The van der Waals surface area contributed by atoms with Crippen molar-refractivity contribution in [3.05, 3.63) is 12.1 Å². The lowest BCUT2D eigenvalue weighted by Crippen LogP contribution is -2.16. The summed E-state index contributed by atoms with van der Waals surface area (Å²) in [6.07, 6.45) is 0.711. The summed E-state index contributed by atoms with van der Waals surface area (Å²) in [6, 6.07) is 3.52. The third-order valence-electron chi connectivity index (χ3n) is 2.97. The van der Waals surface area contributed by atoms with Crippen molar-refractivity contribution >= 4 is 21.3 Å². The SMILES string of the molecule is O=S1(=O)CCC(CNc2ccc3nnnn3n2)C1. The Morgan fingerprint density at radius 3 is 3.11 bits per heavy atom. The minimum atomic E-state index is -2.82. The van der Waals surface area contributed by atoms with Gasteiger partial charge in [0.1, 0.15) is 5.82 Å². The van der Waals surface area contributed by atoms with Gasteiger partial charge >= 0.3 is 0 Å². The maximum Gasteiger partial charge on any atom is 0.200 e. The lowest BCUT2D eigenvalue weighted by molar-refractivity contribution is 0.595. The van der Waals surface area contributed by atoms with Gasteiger partial charge in [0.2, 0.25) is 0 Å². The molecule has 3 rings (SSSR count). The Morgan fingerprint density at radius 1 is 1.44 bits per heavy atom. The summed E-state index contributed by atoms with van der Waals surface area (Å²) in [5.41, 5.74) is 0.573. The summed E-state index contributed by atoms with van der Waals surface area (Å²) >= 11 is 0. The zero-order valence-electron chi connectivity index (χ0n) is 9.52. The van der Waals surface area contributed by atoms with E-state index in [-0.39, 0.29) is 11.7 Å². The van der Waals surface area contributed by atoms with Crippen molar-refractivity contribution in [2.75, 3.05) is 23.4 Å². The van der Waals surface area contributed by atoms with Gasteiger partial charge in [-0.25, -0.2) is 8.42 Å². The number of tetrazole rings is 1. The fourth-order valence-electron chi connectivity index (χ4n) is 2.03. The minimum Gasteiger partial charge on any atom is -0.368 e. The van der Waals surface area contributed by atoms with E-state index >= 15 is 0 Å². The Morgan fingerprint density at radius 2 is 2.33 bits per heavy atom. The Kier molecular flexibility index (Phi) is 2.62. The van der Waals surface area contributed by atoms with Gasteiger partial charge in [-0.15, -0.1) is 14.8 Å². The molecule has 0 aromatic carbocycles. The monoisotopic (exact) mass is 268 g/mol. The van der Waals surface area contributed by atoms with Crippen molar-refractivity contribution < 1.29 is 8.42 Å². The van der Waals surface area contributed by atoms with Crippen molar-refractivity contribution in [3.63, 3.8) is 0 Å². The maximum absolute atomic E-state index is 11.3. The molecule has 1 unspecified atom stereocenters. The van der Waals surface area contributed by atoms with Gasteiger partial charge in [-0.2, -0.15) is 0 Å². The molecule has 0 radical (unpaired) electrons. The lowest BCUT2D eigenvalue weighted by atomic mass is 10.1. The average Bonchev–Trinajstić information content (AvgIpc) is 2.92. The molecule has 9 heteroatoms. The molecule has 1 saturated heterocycles. The summed E-state index contributed by atoms with van der Waals surface area (Å²) in [5.74, 6) is 1.34. The van der Waals surface area contributed by atoms with E-state index in [9.17, 15) is 8.42 Å². The van der Waals surface area contributed by atoms with E-state index in [0.29, 0.717) is 30.2 Å². The van der Waals surface area contributed by atoms with Crippen LogP contribution in [0.25, 0.3) is 5.65 Å². The molecule has 96 valence electrons. The maximum atomic E-state index is 11.3. The Bertz CT molecular complexity index is 667. The Labute approximate surface area is 103 Å². The first-order valence-electron chi connectivity index (χ1n) is 5.62. The van der Waals surface area contributed by atoms with Crippen LogP contribution < -0.4 is 5.32 Å². The second-order valence-corrected chi connectivity index (χ2v) is 6.62. The molecular weight excluding hydrogens is 256 g/mol. The number of aromatic nitrogens is 5. The van der Waals surface area contributed by atoms with Crippen LogP contribution in [-0.2, 0) is 9.84 Å². The smallest absolute Gasteiger partial charge is 0.200 e. The van der Waals surface area contributed by atoms with Crippen molar-refractivity contribution in [1.29, 1.82) is 0 Å². The van der Waals surface area contributed by atoms with E-state index in [2.05, 4.69) is 25.9 Å². The molecule has 2 aromatic heterocycles. The quantitative estimate of drug-likeness (QED) is 0.790. The molecule has 18 heavy (non-hydrogen) atoms. The number of hydrogen-bond donors (Lipinski definition) is 1. The van der Waals surface area contributed by atoms with Gasteiger partial charge in [0.15, 0.2) is 15.5 Å². The highest BCUT2D eigenvalue weighted by Gasteiger charge is 2.27. The predicted octanol–water partition coefficient (Wildman–Crippen LogP) is -0.634. The third-order valence-corrected chi connectivity index (χ3v) is 4.81. The third kappa shape index (κ3) is 2.26. The van der Waals surface area contributed by atoms with Gasteiger partial charge in [0, 0.05) is 6.54 Å². The molecule has 0 amide bonds. The predicted molar refractivity (Wildman–Crippen MR) is 63.8 cm³/mol. The second kappa shape index (κ2) is 4.16. The molecule has 1 aliphatic rings. The number of nitrogens with one attached hydrogen (secondary N) is 1. The Hall–Kier alpha value is -1.77. The zero-order chi connectivity index (χ0) is 12.6. The van der Waals surface area contributed by atoms with Crippen LogP contribution in [0.4, 0.5) is 5.82 Å². The summed E-state index contributed by atoms with van der Waals surface area (Å²) in [4.78, 5) is 0. The molecule has 0 bridgehead atoms. The van der Waals surface area contributed by atoms with Crippen LogP contribution in [0.2, 0.25) is 0 Å². The van der Waals surface area contributed by atoms with Gasteiger partial charge in [-0.3, -0.25) is 0 Å². The molecule has 3 heterocycles. The van der Waals surface area contributed by atoms with Crippen LogP contribution in [-0.4, -0.2) is 51.7 Å². The second-order valence-electron chi connectivity index (χ2n) is 4.40. The first-order chi connectivity index (χ1) is 8.62. The van der Waals surface area contributed by atoms with Crippen molar-refractivity contribution in [2.45, 2.75) is 6.42 Å². The highest BCUT2D eigenvalue weighted by atomic mass is 32.2. The fourth-order valence-corrected chi connectivity index (χ4v) is 3.89. The highest BCUT2D eigenvalue weighted by Crippen LogP contribution is 2.18. The number of anilines is 1. The summed E-state index contributed by atoms with van der Waals surface area (Å²) < 4.78 is 24.0. The van der Waals surface area contributed by atoms with Crippen LogP contribution in [0.15, 0.2) is 12.1 Å². The normalized spacial score (nSPS) is 22.3. The first kappa shape index (κ1) is 11.3. The topological polar surface area (TPSA) is 102 Å². The van der Waals surface area contributed by atoms with Crippen LogP contribution >= 0.6 is 0 Å². The van der Waals surface area contributed by atoms with Gasteiger partial charge in [0.05, 0.1) is 11.5 Å². The average molecular weight is 268 g/mol. The van der Waals surface area contributed by atoms with Gasteiger partial charge in [0.25, 0.3) is 0 Å². The van der Waals surface area contributed by atoms with E-state index < -0.39 is 9.84 Å². The van der Waals surface area contributed by atoms with Crippen LogP contribution in [0.5, 0.6) is 0 Å². The molecule has 0 aliphatic carbocycles. The molecule has 0 saturated carbocycles. The number of hydrogen-bond acceptors (Lipinski definition) is 7. The number of fused-ring (bicyclic) bond motifs is 1. The molecule has 1 atom stereocenters. The van der Waals surface area contributed by atoms with E-state index in [1.54, 1.807) is 12.1 Å². The summed E-state index contributed by atoms with van der Waals surface area (Å²) in [5, 5.41) is 18.2. The summed E-state index contributed by atoms with van der Waals surface area (Å²) in [7, 11) is -2.82. The van der Waals surface area contributed by atoms with E-state index in [1.807, 2.05) is 0 Å². The highest BCUT2D eigenvalue weighted by molar-refractivity contribution is 7.91. The van der Waals surface area contributed by atoms with Crippen LogP contribution in [0.3, 0.4) is 0 Å². The molecule has 1 N–H and O–H groups in total. The van der Waals surface area contributed by atoms with Gasteiger partial charge in [-0.05, 0) is 34.9 Å².